The van der Waals surface area contributed by atoms with Crippen LogP contribution in [0.25, 0.3) is 66.8 Å². The third kappa shape index (κ3) is 3.98. The van der Waals surface area contributed by atoms with Crippen LogP contribution in [0, 0.1) is 0 Å². The number of benzene rings is 6. The number of para-hydroxylation sites is 1. The van der Waals surface area contributed by atoms with Gasteiger partial charge in [0.25, 0.3) is 0 Å². The lowest BCUT2D eigenvalue weighted by Crippen LogP contribution is -1.98. The Bertz CT molecular complexity index is 2070. The van der Waals surface area contributed by atoms with Crippen molar-refractivity contribution in [1.29, 1.82) is 0 Å². The van der Waals surface area contributed by atoms with E-state index in [1.54, 1.807) is 0 Å². The molecule has 0 bridgehead atoms. The number of aromatic nitrogens is 2. The number of rotatable bonds is 4. The number of hydrogen-bond donors (Lipinski definition) is 0. The SMILES string of the molecule is c1ccc(-c2ncc(-c3cccc(-c4ccc5c6c(cccc46)-c4ccccc4O5)c3)c(-c3ccccc3)n2)cc1. The zero-order valence-electron chi connectivity index (χ0n) is 22.2. The van der Waals surface area contributed by atoms with Crippen molar-refractivity contribution in [3.8, 4) is 67.5 Å². The molecule has 2 heterocycles. The number of fused-ring (bicyclic) bond motifs is 2. The van der Waals surface area contributed by atoms with Gasteiger partial charge in [-0.3, -0.25) is 0 Å². The second-order valence-corrected chi connectivity index (χ2v) is 10.2. The Morgan fingerprint density at radius 1 is 0.439 bits per heavy atom. The van der Waals surface area contributed by atoms with Gasteiger partial charge in [-0.15, -0.1) is 0 Å². The van der Waals surface area contributed by atoms with E-state index in [-0.39, 0.29) is 0 Å². The Hall–Kier alpha value is -5.54. The molecule has 0 fully saturated rings. The first kappa shape index (κ1) is 23.4. The zero-order valence-corrected chi connectivity index (χ0v) is 22.2. The third-order valence-corrected chi connectivity index (χ3v) is 7.75. The number of hydrogen-bond acceptors (Lipinski definition) is 3. The molecule has 3 nitrogen and oxygen atoms in total. The summed E-state index contributed by atoms with van der Waals surface area (Å²) in [6.45, 7) is 0. The van der Waals surface area contributed by atoms with Gasteiger partial charge < -0.3 is 4.74 Å². The monoisotopic (exact) mass is 524 g/mol. The van der Waals surface area contributed by atoms with Crippen LogP contribution in [0.1, 0.15) is 0 Å². The third-order valence-electron chi connectivity index (χ3n) is 7.75. The molecule has 6 aromatic carbocycles. The maximum Gasteiger partial charge on any atom is 0.159 e. The normalized spacial score (nSPS) is 11.6. The van der Waals surface area contributed by atoms with Crippen LogP contribution in [0.4, 0.5) is 0 Å². The summed E-state index contributed by atoms with van der Waals surface area (Å²) < 4.78 is 6.33. The molecule has 0 saturated carbocycles. The van der Waals surface area contributed by atoms with Gasteiger partial charge in [-0.2, -0.15) is 0 Å². The molecule has 7 aromatic rings. The molecule has 3 heteroatoms. The summed E-state index contributed by atoms with van der Waals surface area (Å²) >= 11 is 0. The molecule has 0 spiro atoms. The van der Waals surface area contributed by atoms with Gasteiger partial charge in [0.2, 0.25) is 0 Å². The molecule has 8 rings (SSSR count). The highest BCUT2D eigenvalue weighted by Gasteiger charge is 2.21. The summed E-state index contributed by atoms with van der Waals surface area (Å²) in [6, 6.07) is 48.2. The minimum absolute atomic E-state index is 0.716. The minimum atomic E-state index is 0.716. The van der Waals surface area contributed by atoms with Gasteiger partial charge in [0.1, 0.15) is 11.5 Å². The van der Waals surface area contributed by atoms with Crippen molar-refractivity contribution in [1.82, 2.24) is 9.97 Å². The average molecular weight is 525 g/mol. The second kappa shape index (κ2) is 9.58. The number of nitrogens with zero attached hydrogens (tertiary/aromatic N) is 2. The van der Waals surface area contributed by atoms with Gasteiger partial charge in [-0.05, 0) is 45.8 Å². The summed E-state index contributed by atoms with van der Waals surface area (Å²) in [5.41, 5.74) is 9.67. The fourth-order valence-electron chi connectivity index (χ4n) is 5.82. The molecule has 192 valence electrons. The largest absolute Gasteiger partial charge is 0.456 e. The van der Waals surface area contributed by atoms with Crippen molar-refractivity contribution in [3.63, 3.8) is 0 Å². The first-order valence-electron chi connectivity index (χ1n) is 13.8. The zero-order chi connectivity index (χ0) is 27.2. The van der Waals surface area contributed by atoms with Crippen molar-refractivity contribution < 1.29 is 4.74 Å². The molecule has 1 aliphatic rings. The Morgan fingerprint density at radius 2 is 1.10 bits per heavy atom. The quantitative estimate of drug-likeness (QED) is 0.230. The first-order valence-corrected chi connectivity index (χ1v) is 13.8. The van der Waals surface area contributed by atoms with Crippen LogP contribution in [0.5, 0.6) is 11.5 Å². The molecule has 0 saturated heterocycles. The van der Waals surface area contributed by atoms with Gasteiger partial charge in [-0.1, -0.05) is 121 Å². The molecule has 0 aliphatic carbocycles. The van der Waals surface area contributed by atoms with Crippen LogP contribution >= 0.6 is 0 Å². The summed E-state index contributed by atoms with van der Waals surface area (Å²) in [4.78, 5) is 9.88. The predicted octanol–water partition coefficient (Wildman–Crippen LogP) is 10.1. The van der Waals surface area contributed by atoms with E-state index in [1.807, 2.05) is 54.7 Å². The molecular weight excluding hydrogens is 500 g/mol. The average Bonchev–Trinajstić information content (AvgIpc) is 3.06. The van der Waals surface area contributed by atoms with Crippen LogP contribution in [-0.2, 0) is 0 Å². The van der Waals surface area contributed by atoms with Crippen LogP contribution < -0.4 is 4.74 Å². The Kier molecular flexibility index (Phi) is 5.46. The Labute approximate surface area is 238 Å². The van der Waals surface area contributed by atoms with Gasteiger partial charge >= 0.3 is 0 Å². The van der Waals surface area contributed by atoms with Crippen LogP contribution in [0.2, 0.25) is 0 Å². The molecule has 0 amide bonds. The minimum Gasteiger partial charge on any atom is -0.456 e. The summed E-state index contributed by atoms with van der Waals surface area (Å²) in [5, 5.41) is 2.32. The smallest absolute Gasteiger partial charge is 0.159 e. The summed E-state index contributed by atoms with van der Waals surface area (Å²) in [6.07, 6.45) is 1.96. The Morgan fingerprint density at radius 3 is 1.93 bits per heavy atom. The molecule has 41 heavy (non-hydrogen) atoms. The molecule has 1 aromatic heterocycles. The van der Waals surface area contributed by atoms with Gasteiger partial charge in [0.15, 0.2) is 5.82 Å². The summed E-state index contributed by atoms with van der Waals surface area (Å²) in [5.74, 6) is 2.51. The highest BCUT2D eigenvalue weighted by Crippen LogP contribution is 2.48. The lowest BCUT2D eigenvalue weighted by Gasteiger charge is -2.22. The summed E-state index contributed by atoms with van der Waals surface area (Å²) in [7, 11) is 0. The molecule has 0 radical (unpaired) electrons. The van der Waals surface area contributed by atoms with Crippen LogP contribution in [0.3, 0.4) is 0 Å². The highest BCUT2D eigenvalue weighted by atomic mass is 16.5. The van der Waals surface area contributed by atoms with Gasteiger partial charge in [0, 0.05) is 33.8 Å². The maximum absolute atomic E-state index is 6.33. The van der Waals surface area contributed by atoms with Crippen LogP contribution in [-0.4, -0.2) is 9.97 Å². The van der Waals surface area contributed by atoms with Crippen molar-refractivity contribution in [2.24, 2.45) is 0 Å². The second-order valence-electron chi connectivity index (χ2n) is 10.2. The van der Waals surface area contributed by atoms with E-state index in [2.05, 4.69) is 91.0 Å². The fraction of sp³-hybridized carbons (Fsp3) is 0. The van der Waals surface area contributed by atoms with E-state index in [0.717, 1.165) is 56.0 Å². The highest BCUT2D eigenvalue weighted by molar-refractivity contribution is 6.10. The van der Waals surface area contributed by atoms with E-state index in [9.17, 15) is 0 Å². The van der Waals surface area contributed by atoms with Crippen molar-refractivity contribution in [2.45, 2.75) is 0 Å². The van der Waals surface area contributed by atoms with E-state index in [4.69, 9.17) is 14.7 Å². The molecule has 0 N–H and O–H groups in total. The maximum atomic E-state index is 6.33. The molecule has 0 unspecified atom stereocenters. The molecule has 0 atom stereocenters. The lowest BCUT2D eigenvalue weighted by atomic mass is 9.89. The van der Waals surface area contributed by atoms with E-state index in [0.29, 0.717) is 5.82 Å². The number of ether oxygens (including phenoxy) is 1. The predicted molar refractivity (Wildman–Crippen MR) is 167 cm³/mol. The fourth-order valence-corrected chi connectivity index (χ4v) is 5.82. The van der Waals surface area contributed by atoms with Crippen molar-refractivity contribution in [3.05, 3.63) is 146 Å². The van der Waals surface area contributed by atoms with Crippen LogP contribution in [0.15, 0.2) is 146 Å². The van der Waals surface area contributed by atoms with Gasteiger partial charge in [0.05, 0.1) is 5.69 Å². The van der Waals surface area contributed by atoms with E-state index < -0.39 is 0 Å². The van der Waals surface area contributed by atoms with Crippen molar-refractivity contribution >= 4 is 10.8 Å². The van der Waals surface area contributed by atoms with Gasteiger partial charge in [-0.25, -0.2) is 9.97 Å². The topological polar surface area (TPSA) is 35.0 Å². The molecular formula is C38H24N2O. The van der Waals surface area contributed by atoms with Crippen molar-refractivity contribution in [2.75, 3.05) is 0 Å². The first-order chi connectivity index (χ1) is 20.3. The van der Waals surface area contributed by atoms with E-state index >= 15 is 0 Å². The standard InChI is InChI=1S/C38H24N2O/c1-3-11-25(12-4-1)37-33(24-39-38(40-37)26-13-5-2-6-14-26)28-16-9-15-27(23-28)29-21-22-35-36-31(29)18-10-19-32(36)30-17-7-8-20-34(30)41-35/h1-24H. The Balaban J connectivity index is 1.29. The molecule has 1 aliphatic heterocycles. The van der Waals surface area contributed by atoms with E-state index in [1.165, 1.54) is 16.5 Å². The lowest BCUT2D eigenvalue weighted by molar-refractivity contribution is 0.487.